The number of hydrogen-bond donors (Lipinski definition) is 1. The van der Waals surface area contributed by atoms with Crippen molar-refractivity contribution in [3.05, 3.63) is 35.4 Å². The number of benzene rings is 1. The molecule has 2 nitrogen and oxygen atoms in total. The molecule has 1 aliphatic rings. The van der Waals surface area contributed by atoms with Gasteiger partial charge in [-0.1, -0.05) is 6.42 Å². The number of rotatable bonds is 2. The van der Waals surface area contributed by atoms with Crippen molar-refractivity contribution in [3.63, 3.8) is 0 Å². The molecular weight excluding hydrogens is 224 g/mol. The summed E-state index contributed by atoms with van der Waals surface area (Å²) in [6, 6.07) is 2.97. The van der Waals surface area contributed by atoms with Gasteiger partial charge in [0.1, 0.15) is 11.6 Å². The molecule has 0 aromatic heterocycles. The minimum atomic E-state index is -0.714. The summed E-state index contributed by atoms with van der Waals surface area (Å²) in [5, 5.41) is 0. The van der Waals surface area contributed by atoms with Crippen LogP contribution in [0.5, 0.6) is 0 Å². The van der Waals surface area contributed by atoms with E-state index < -0.39 is 11.6 Å². The molecule has 0 radical (unpaired) electrons. The van der Waals surface area contributed by atoms with E-state index in [4.69, 9.17) is 5.73 Å². The molecule has 0 heterocycles. The van der Waals surface area contributed by atoms with E-state index in [2.05, 4.69) is 0 Å². The van der Waals surface area contributed by atoms with Crippen LogP contribution in [0, 0.1) is 17.6 Å². The van der Waals surface area contributed by atoms with Gasteiger partial charge in [0.15, 0.2) is 5.78 Å². The monoisotopic (exact) mass is 239 g/mol. The summed E-state index contributed by atoms with van der Waals surface area (Å²) in [4.78, 5) is 12.1. The Bertz CT molecular complexity index is 413. The second-order valence-electron chi connectivity index (χ2n) is 4.65. The van der Waals surface area contributed by atoms with E-state index in [1.807, 2.05) is 0 Å². The molecule has 0 aliphatic heterocycles. The summed E-state index contributed by atoms with van der Waals surface area (Å²) in [6.45, 7) is 0. The zero-order valence-corrected chi connectivity index (χ0v) is 9.46. The van der Waals surface area contributed by atoms with Gasteiger partial charge in [0.25, 0.3) is 0 Å². The Kier molecular flexibility index (Phi) is 3.52. The molecular formula is C13H15F2NO. The first-order valence-electron chi connectivity index (χ1n) is 5.82. The molecule has 17 heavy (non-hydrogen) atoms. The van der Waals surface area contributed by atoms with E-state index in [9.17, 15) is 13.6 Å². The van der Waals surface area contributed by atoms with Crippen molar-refractivity contribution < 1.29 is 13.6 Å². The normalized spacial score (nSPS) is 24.6. The Morgan fingerprint density at radius 1 is 1.18 bits per heavy atom. The standard InChI is InChI=1S/C13H15F2NO/c14-10-4-9(5-11(15)7-10)13(17)8-2-1-3-12(16)6-8/h4-5,7-8,12H,1-3,6,16H2. The van der Waals surface area contributed by atoms with E-state index in [1.165, 1.54) is 0 Å². The number of halogens is 2. The number of ketones is 1. The summed E-state index contributed by atoms with van der Waals surface area (Å²) in [5.74, 6) is -1.82. The lowest BCUT2D eigenvalue weighted by atomic mass is 9.81. The van der Waals surface area contributed by atoms with Crippen LogP contribution < -0.4 is 5.73 Å². The van der Waals surface area contributed by atoms with Gasteiger partial charge in [-0.15, -0.1) is 0 Å². The lowest BCUT2D eigenvalue weighted by Crippen LogP contribution is -2.31. The van der Waals surface area contributed by atoms with Gasteiger partial charge in [-0.25, -0.2) is 8.78 Å². The lowest BCUT2D eigenvalue weighted by Gasteiger charge is -2.25. The molecule has 1 aromatic rings. The SMILES string of the molecule is NC1CCCC(C(=O)c2cc(F)cc(F)c2)C1. The van der Waals surface area contributed by atoms with Gasteiger partial charge in [-0.05, 0) is 31.4 Å². The molecule has 4 heteroatoms. The van der Waals surface area contributed by atoms with Crippen LogP contribution in [0.25, 0.3) is 0 Å². The van der Waals surface area contributed by atoms with Crippen molar-refractivity contribution in [2.45, 2.75) is 31.7 Å². The number of Topliss-reactive ketones (excluding diaryl/α,β-unsaturated/α-hetero) is 1. The molecule has 1 fully saturated rings. The van der Waals surface area contributed by atoms with Gasteiger partial charge in [0.2, 0.25) is 0 Å². The van der Waals surface area contributed by atoms with Crippen molar-refractivity contribution >= 4 is 5.78 Å². The zero-order valence-electron chi connectivity index (χ0n) is 9.46. The van der Waals surface area contributed by atoms with Crippen molar-refractivity contribution in [1.82, 2.24) is 0 Å². The third kappa shape index (κ3) is 2.88. The number of carbonyl (C=O) groups excluding carboxylic acids is 1. The van der Waals surface area contributed by atoms with E-state index >= 15 is 0 Å². The molecule has 2 rings (SSSR count). The summed E-state index contributed by atoms with van der Waals surface area (Å²) >= 11 is 0. The third-order valence-electron chi connectivity index (χ3n) is 3.23. The average Bonchev–Trinajstić information content (AvgIpc) is 2.26. The minimum absolute atomic E-state index is 0.0242. The van der Waals surface area contributed by atoms with Crippen molar-refractivity contribution in [3.8, 4) is 0 Å². The van der Waals surface area contributed by atoms with Crippen molar-refractivity contribution in [2.24, 2.45) is 11.7 Å². The summed E-state index contributed by atoms with van der Waals surface area (Å²) in [5.41, 5.74) is 5.91. The fourth-order valence-electron chi connectivity index (χ4n) is 2.40. The largest absolute Gasteiger partial charge is 0.328 e. The second-order valence-corrected chi connectivity index (χ2v) is 4.65. The highest BCUT2D eigenvalue weighted by molar-refractivity contribution is 5.97. The maximum absolute atomic E-state index is 13.0. The molecule has 2 unspecified atom stereocenters. The van der Waals surface area contributed by atoms with E-state index in [0.717, 1.165) is 37.5 Å². The van der Waals surface area contributed by atoms with Crippen LogP contribution in [0.3, 0.4) is 0 Å². The molecule has 92 valence electrons. The molecule has 2 atom stereocenters. The van der Waals surface area contributed by atoms with Gasteiger partial charge in [-0.2, -0.15) is 0 Å². The number of hydrogen-bond acceptors (Lipinski definition) is 2. The van der Waals surface area contributed by atoms with E-state index in [0.29, 0.717) is 6.42 Å². The van der Waals surface area contributed by atoms with Crippen LogP contribution in [0.1, 0.15) is 36.0 Å². The van der Waals surface area contributed by atoms with Gasteiger partial charge in [-0.3, -0.25) is 4.79 Å². The Labute approximate surface area is 98.8 Å². The molecule has 1 aromatic carbocycles. The lowest BCUT2D eigenvalue weighted by molar-refractivity contribution is 0.0880. The summed E-state index contributed by atoms with van der Waals surface area (Å²) in [7, 11) is 0. The van der Waals surface area contributed by atoms with E-state index in [1.54, 1.807) is 0 Å². The highest BCUT2D eigenvalue weighted by atomic mass is 19.1. The predicted octanol–water partition coefficient (Wildman–Crippen LogP) is 2.67. The molecule has 1 aliphatic carbocycles. The average molecular weight is 239 g/mol. The van der Waals surface area contributed by atoms with Crippen LogP contribution in [0.2, 0.25) is 0 Å². The van der Waals surface area contributed by atoms with Crippen molar-refractivity contribution in [2.75, 3.05) is 0 Å². The first kappa shape index (κ1) is 12.2. The first-order chi connectivity index (χ1) is 8.06. The van der Waals surface area contributed by atoms with Crippen LogP contribution in [0.4, 0.5) is 8.78 Å². The quantitative estimate of drug-likeness (QED) is 0.806. The number of nitrogens with two attached hydrogens (primary N) is 1. The van der Waals surface area contributed by atoms with E-state index in [-0.39, 0.29) is 23.3 Å². The van der Waals surface area contributed by atoms with Gasteiger partial charge >= 0.3 is 0 Å². The number of carbonyl (C=O) groups is 1. The fourth-order valence-corrected chi connectivity index (χ4v) is 2.40. The Hall–Kier alpha value is -1.29. The third-order valence-corrected chi connectivity index (χ3v) is 3.23. The molecule has 2 N–H and O–H groups in total. The van der Waals surface area contributed by atoms with Gasteiger partial charge < -0.3 is 5.73 Å². The Morgan fingerprint density at radius 2 is 1.82 bits per heavy atom. The maximum Gasteiger partial charge on any atom is 0.166 e. The van der Waals surface area contributed by atoms with Crippen LogP contribution in [-0.2, 0) is 0 Å². The Balaban J connectivity index is 2.18. The first-order valence-corrected chi connectivity index (χ1v) is 5.82. The maximum atomic E-state index is 13.0. The van der Waals surface area contributed by atoms with Gasteiger partial charge in [0.05, 0.1) is 0 Å². The predicted molar refractivity (Wildman–Crippen MR) is 60.6 cm³/mol. The molecule has 1 saturated carbocycles. The van der Waals surface area contributed by atoms with Crippen LogP contribution in [0.15, 0.2) is 18.2 Å². The highest BCUT2D eigenvalue weighted by Crippen LogP contribution is 2.26. The van der Waals surface area contributed by atoms with Crippen LogP contribution >= 0.6 is 0 Å². The second kappa shape index (κ2) is 4.92. The molecule has 0 amide bonds. The minimum Gasteiger partial charge on any atom is -0.328 e. The molecule has 0 saturated heterocycles. The topological polar surface area (TPSA) is 43.1 Å². The Morgan fingerprint density at radius 3 is 2.41 bits per heavy atom. The highest BCUT2D eigenvalue weighted by Gasteiger charge is 2.26. The smallest absolute Gasteiger partial charge is 0.166 e. The zero-order chi connectivity index (χ0) is 12.4. The fraction of sp³-hybridized carbons (Fsp3) is 0.462. The molecule has 0 bridgehead atoms. The van der Waals surface area contributed by atoms with Crippen molar-refractivity contribution in [1.29, 1.82) is 0 Å². The molecule has 0 spiro atoms. The summed E-state index contributed by atoms with van der Waals surface area (Å²) < 4.78 is 26.0. The van der Waals surface area contributed by atoms with Gasteiger partial charge in [0, 0.05) is 23.6 Å². The van der Waals surface area contributed by atoms with Crippen LogP contribution in [-0.4, -0.2) is 11.8 Å². The summed E-state index contributed by atoms with van der Waals surface area (Å²) in [6.07, 6.45) is 3.18.